The van der Waals surface area contributed by atoms with Gasteiger partial charge in [0.15, 0.2) is 0 Å². The first-order valence-electron chi connectivity index (χ1n) is 4.33. The number of hydrogen-bond donors (Lipinski definition) is 0. The Kier molecular flexibility index (Phi) is 0.731. The van der Waals surface area contributed by atoms with Crippen LogP contribution >= 0.6 is 0 Å². The predicted molar refractivity (Wildman–Crippen MR) is 34.8 cm³/mol. The lowest BCUT2D eigenvalue weighted by atomic mass is 9.87. The molecule has 2 fully saturated rings. The van der Waals surface area contributed by atoms with Gasteiger partial charge >= 0.3 is 0 Å². The van der Waals surface area contributed by atoms with Gasteiger partial charge in [-0.25, -0.2) is 0 Å². The Hall–Kier alpha value is 0. The maximum absolute atomic E-state index is 7.54. The van der Waals surface area contributed by atoms with Crippen LogP contribution in [-0.4, -0.2) is 0 Å². The van der Waals surface area contributed by atoms with Crippen molar-refractivity contribution < 1.29 is 1.37 Å². The van der Waals surface area contributed by atoms with E-state index in [0.29, 0.717) is 11.8 Å². The molecule has 0 N–H and O–H groups in total. The Labute approximate surface area is 52.7 Å². The van der Waals surface area contributed by atoms with Crippen LogP contribution in [0.3, 0.4) is 0 Å². The molecule has 2 aliphatic rings. The molecule has 2 aliphatic carbocycles. The van der Waals surface area contributed by atoms with Gasteiger partial charge < -0.3 is 0 Å². The molecule has 0 bridgehead atoms. The largest absolute Gasteiger partial charge is 0.0533 e. The van der Waals surface area contributed by atoms with Crippen LogP contribution in [-0.2, 0) is 0 Å². The zero-order valence-electron chi connectivity index (χ0n) is 6.32. The fourth-order valence-electron chi connectivity index (χ4n) is 1.81. The second-order valence-corrected chi connectivity index (χ2v) is 3.33. The highest BCUT2D eigenvalue weighted by Gasteiger charge is 2.42. The van der Waals surface area contributed by atoms with Gasteiger partial charge in [-0.2, -0.15) is 0 Å². The standard InChI is InChI=1S/C8H14/c1-2-4-8(5-3-1)6-7-8/h1-7H2/i6D. The zero-order chi connectivity index (χ0) is 6.32. The molecule has 2 rings (SSSR count). The first-order chi connectivity index (χ1) is 4.33. The van der Waals surface area contributed by atoms with Gasteiger partial charge in [0, 0.05) is 1.37 Å². The summed E-state index contributed by atoms with van der Waals surface area (Å²) < 4.78 is 7.54. The SMILES string of the molecule is [2H]C1CC12CCCCC2. The molecule has 0 aromatic rings. The Morgan fingerprint density at radius 3 is 2.00 bits per heavy atom. The van der Waals surface area contributed by atoms with E-state index in [1.54, 1.807) is 0 Å². The molecule has 0 radical (unpaired) electrons. The van der Waals surface area contributed by atoms with E-state index in [4.69, 9.17) is 1.37 Å². The fourth-order valence-corrected chi connectivity index (χ4v) is 1.81. The lowest BCUT2D eigenvalue weighted by molar-refractivity contribution is 0.337. The molecule has 0 heterocycles. The summed E-state index contributed by atoms with van der Waals surface area (Å²) in [7, 11) is 0. The third-order valence-electron chi connectivity index (χ3n) is 2.63. The van der Waals surface area contributed by atoms with Crippen LogP contribution in [0.15, 0.2) is 0 Å². The van der Waals surface area contributed by atoms with Crippen molar-refractivity contribution in [2.75, 3.05) is 0 Å². The summed E-state index contributed by atoms with van der Waals surface area (Å²) in [6.45, 7) is 0. The lowest BCUT2D eigenvalue weighted by Crippen LogP contribution is -2.05. The van der Waals surface area contributed by atoms with Gasteiger partial charge in [0.25, 0.3) is 0 Å². The molecule has 1 atom stereocenters. The molecule has 46 valence electrons. The van der Waals surface area contributed by atoms with E-state index in [9.17, 15) is 0 Å². The van der Waals surface area contributed by atoms with Crippen LogP contribution in [0.4, 0.5) is 0 Å². The molecule has 0 aromatic heterocycles. The summed E-state index contributed by atoms with van der Waals surface area (Å²) >= 11 is 0. The van der Waals surface area contributed by atoms with Crippen molar-refractivity contribution >= 4 is 0 Å². The second kappa shape index (κ2) is 1.49. The van der Waals surface area contributed by atoms with Crippen molar-refractivity contribution in [1.82, 2.24) is 0 Å². The van der Waals surface area contributed by atoms with Crippen molar-refractivity contribution in [2.24, 2.45) is 5.41 Å². The Bertz CT molecular complexity index is 114. The first-order valence-corrected chi connectivity index (χ1v) is 3.76. The van der Waals surface area contributed by atoms with Gasteiger partial charge in [0.05, 0.1) is 0 Å². The molecule has 0 aromatic carbocycles. The molecule has 8 heavy (non-hydrogen) atoms. The molecule has 1 spiro atoms. The van der Waals surface area contributed by atoms with Gasteiger partial charge in [0.1, 0.15) is 0 Å². The van der Waals surface area contributed by atoms with E-state index in [1.165, 1.54) is 38.5 Å². The summed E-state index contributed by atoms with van der Waals surface area (Å²) in [5, 5.41) is 0. The van der Waals surface area contributed by atoms with Crippen LogP contribution in [0.5, 0.6) is 0 Å². The minimum Gasteiger partial charge on any atom is -0.0533 e. The van der Waals surface area contributed by atoms with Crippen LogP contribution in [0, 0.1) is 5.41 Å². The maximum atomic E-state index is 7.54. The van der Waals surface area contributed by atoms with Gasteiger partial charge in [0.2, 0.25) is 0 Å². The summed E-state index contributed by atoms with van der Waals surface area (Å²) in [5.74, 6) is 0. The summed E-state index contributed by atoms with van der Waals surface area (Å²) in [5.41, 5.74) is 0.554. The van der Waals surface area contributed by atoms with E-state index in [1.807, 2.05) is 0 Å². The Morgan fingerprint density at radius 2 is 1.62 bits per heavy atom. The molecule has 0 saturated heterocycles. The van der Waals surface area contributed by atoms with E-state index in [-0.39, 0.29) is 0 Å². The Morgan fingerprint density at radius 1 is 1.00 bits per heavy atom. The summed E-state index contributed by atoms with van der Waals surface area (Å²) in [4.78, 5) is 0. The smallest absolute Gasteiger partial charge is 0.0272 e. The Balaban J connectivity index is 1.97. The second-order valence-electron chi connectivity index (χ2n) is 3.33. The predicted octanol–water partition coefficient (Wildman–Crippen LogP) is 2.73. The molecule has 0 nitrogen and oxygen atoms in total. The monoisotopic (exact) mass is 111 g/mol. The summed E-state index contributed by atoms with van der Waals surface area (Å²) in [6, 6.07) is 0. The molecule has 0 amide bonds. The molecular weight excluding hydrogens is 96.1 g/mol. The van der Waals surface area contributed by atoms with E-state index in [0.717, 1.165) is 0 Å². The van der Waals surface area contributed by atoms with Crippen molar-refractivity contribution in [1.29, 1.82) is 0 Å². The molecule has 0 aliphatic heterocycles. The van der Waals surface area contributed by atoms with E-state index < -0.39 is 0 Å². The first kappa shape index (κ1) is 3.92. The highest BCUT2D eigenvalue weighted by atomic mass is 14.5. The van der Waals surface area contributed by atoms with Crippen LogP contribution in [0.2, 0.25) is 0 Å². The van der Waals surface area contributed by atoms with E-state index >= 15 is 0 Å². The molecule has 1 unspecified atom stereocenters. The average molecular weight is 111 g/mol. The average Bonchev–Trinajstić information content (AvgIpc) is 2.44. The zero-order valence-corrected chi connectivity index (χ0v) is 5.32. The normalized spacial score (nSPS) is 44.0. The highest BCUT2D eigenvalue weighted by molar-refractivity contribution is 4.94. The van der Waals surface area contributed by atoms with Crippen molar-refractivity contribution in [3.63, 3.8) is 0 Å². The molecule has 2 saturated carbocycles. The quantitative estimate of drug-likeness (QED) is 0.451. The number of rotatable bonds is 0. The fraction of sp³-hybridized carbons (Fsp3) is 1.00. The lowest BCUT2D eigenvalue weighted by Gasteiger charge is -2.19. The van der Waals surface area contributed by atoms with Crippen molar-refractivity contribution in [3.8, 4) is 0 Å². The van der Waals surface area contributed by atoms with Gasteiger partial charge in [-0.05, 0) is 31.1 Å². The minimum atomic E-state index is 0.331. The van der Waals surface area contributed by atoms with Crippen LogP contribution < -0.4 is 0 Å². The summed E-state index contributed by atoms with van der Waals surface area (Å²) in [6.07, 6.45) is 8.49. The maximum Gasteiger partial charge on any atom is 0.0272 e. The van der Waals surface area contributed by atoms with Gasteiger partial charge in [-0.1, -0.05) is 19.3 Å². The molecule has 0 heteroatoms. The van der Waals surface area contributed by atoms with Crippen LogP contribution in [0.25, 0.3) is 0 Å². The van der Waals surface area contributed by atoms with Crippen LogP contribution in [0.1, 0.15) is 46.3 Å². The third kappa shape index (κ3) is 0.667. The van der Waals surface area contributed by atoms with E-state index in [2.05, 4.69) is 0 Å². The topological polar surface area (TPSA) is 0 Å². The third-order valence-corrected chi connectivity index (χ3v) is 2.63. The number of hydrogen-bond acceptors (Lipinski definition) is 0. The van der Waals surface area contributed by atoms with Crippen molar-refractivity contribution in [2.45, 2.75) is 44.9 Å². The highest BCUT2D eigenvalue weighted by Crippen LogP contribution is 2.55. The molecular formula is C8H14. The van der Waals surface area contributed by atoms with Gasteiger partial charge in [-0.15, -0.1) is 0 Å². The van der Waals surface area contributed by atoms with Gasteiger partial charge in [-0.3, -0.25) is 0 Å². The minimum absolute atomic E-state index is 0.331. The van der Waals surface area contributed by atoms with Crippen molar-refractivity contribution in [3.05, 3.63) is 0 Å².